The average molecular weight is 283 g/mol. The molecule has 0 saturated heterocycles. The predicted molar refractivity (Wildman–Crippen MR) is 67.1 cm³/mol. The Balaban J connectivity index is 2.26. The van der Waals surface area contributed by atoms with Gasteiger partial charge in [-0.25, -0.2) is 4.79 Å². The Labute approximate surface area is 113 Å². The van der Waals surface area contributed by atoms with Crippen molar-refractivity contribution in [1.29, 1.82) is 0 Å². The molecule has 100 valence electrons. The van der Waals surface area contributed by atoms with Gasteiger partial charge in [-0.05, 0) is 11.3 Å². The smallest absolute Gasteiger partial charge is 0.405 e. The molecule has 1 aromatic heterocycles. The van der Waals surface area contributed by atoms with Crippen molar-refractivity contribution in [2.45, 2.75) is 12.6 Å². The third kappa shape index (κ3) is 3.32. The van der Waals surface area contributed by atoms with Gasteiger partial charge >= 0.3 is 6.09 Å². The Hall–Kier alpha value is -2.35. The van der Waals surface area contributed by atoms with Crippen LogP contribution in [0.15, 0.2) is 24.3 Å². The van der Waals surface area contributed by atoms with Crippen molar-refractivity contribution in [3.05, 3.63) is 34.9 Å². The number of primary amides is 1. The van der Waals surface area contributed by atoms with Crippen LogP contribution in [-0.2, 0) is 11.3 Å². The number of carbonyl (C=O) groups is 1. The van der Waals surface area contributed by atoms with Gasteiger partial charge in [0, 0.05) is 10.6 Å². The van der Waals surface area contributed by atoms with Gasteiger partial charge in [0.1, 0.15) is 6.54 Å². The molecule has 19 heavy (non-hydrogen) atoms. The lowest BCUT2D eigenvalue weighted by atomic mass is 10.1. The van der Waals surface area contributed by atoms with E-state index in [-0.39, 0.29) is 12.5 Å². The molecule has 1 atom stereocenters. The molecule has 0 aliphatic rings. The number of ether oxygens (including phenoxy) is 1. The molecule has 1 unspecified atom stereocenters. The highest BCUT2D eigenvalue weighted by molar-refractivity contribution is 6.31. The Bertz CT molecular complexity index is 587. The molecule has 0 fully saturated rings. The number of rotatable bonds is 4. The summed E-state index contributed by atoms with van der Waals surface area (Å²) >= 11 is 6.05. The molecule has 9 heteroatoms. The first kappa shape index (κ1) is 13.1. The van der Waals surface area contributed by atoms with Gasteiger partial charge in [-0.1, -0.05) is 34.9 Å². The number of anilines is 1. The number of nitrogens with two attached hydrogens (primary N) is 2. The fourth-order valence-electron chi connectivity index (χ4n) is 1.56. The van der Waals surface area contributed by atoms with Crippen molar-refractivity contribution < 1.29 is 9.53 Å². The quantitative estimate of drug-likeness (QED) is 0.853. The van der Waals surface area contributed by atoms with Crippen molar-refractivity contribution in [3.8, 4) is 0 Å². The molecule has 2 aromatic rings. The van der Waals surface area contributed by atoms with E-state index in [1.165, 1.54) is 4.80 Å². The van der Waals surface area contributed by atoms with Crippen LogP contribution < -0.4 is 11.5 Å². The van der Waals surface area contributed by atoms with E-state index < -0.39 is 12.2 Å². The summed E-state index contributed by atoms with van der Waals surface area (Å²) in [5.74, 6) is 0.0250. The number of nitrogen functional groups attached to an aromatic ring is 1. The molecule has 0 spiro atoms. The van der Waals surface area contributed by atoms with Crippen molar-refractivity contribution in [2.24, 2.45) is 5.73 Å². The molecule has 1 aromatic carbocycles. The lowest BCUT2D eigenvalue weighted by Gasteiger charge is -2.17. The first-order valence-corrected chi connectivity index (χ1v) is 5.68. The van der Waals surface area contributed by atoms with Gasteiger partial charge in [0.15, 0.2) is 6.10 Å². The van der Waals surface area contributed by atoms with Crippen LogP contribution in [0.25, 0.3) is 0 Å². The molecule has 1 amide bonds. The number of halogens is 1. The summed E-state index contributed by atoms with van der Waals surface area (Å²) < 4.78 is 5.02. The molecule has 0 aliphatic carbocycles. The summed E-state index contributed by atoms with van der Waals surface area (Å²) in [6.07, 6.45) is -1.64. The Morgan fingerprint density at radius 2 is 2.21 bits per heavy atom. The monoisotopic (exact) mass is 282 g/mol. The number of tetrazole rings is 1. The minimum absolute atomic E-state index is 0.0250. The number of hydrogen-bond donors (Lipinski definition) is 2. The molecule has 0 radical (unpaired) electrons. The number of benzene rings is 1. The highest BCUT2D eigenvalue weighted by atomic mass is 35.5. The summed E-state index contributed by atoms with van der Waals surface area (Å²) in [4.78, 5) is 12.2. The molecule has 0 aliphatic heterocycles. The molecule has 2 rings (SSSR count). The van der Waals surface area contributed by atoms with Crippen LogP contribution in [0.2, 0.25) is 5.02 Å². The van der Waals surface area contributed by atoms with E-state index >= 15 is 0 Å². The van der Waals surface area contributed by atoms with Gasteiger partial charge in [0.25, 0.3) is 5.95 Å². The molecule has 8 nitrogen and oxygen atoms in total. The van der Waals surface area contributed by atoms with Gasteiger partial charge in [0.05, 0.1) is 0 Å². The zero-order valence-electron chi connectivity index (χ0n) is 9.73. The highest BCUT2D eigenvalue weighted by Crippen LogP contribution is 2.26. The van der Waals surface area contributed by atoms with E-state index in [0.29, 0.717) is 10.6 Å². The van der Waals surface area contributed by atoms with Crippen LogP contribution in [0.4, 0.5) is 10.7 Å². The number of nitrogens with zero attached hydrogens (tertiary/aromatic N) is 4. The first-order chi connectivity index (χ1) is 9.06. The Kier molecular flexibility index (Phi) is 3.81. The van der Waals surface area contributed by atoms with Crippen LogP contribution in [0.1, 0.15) is 11.7 Å². The van der Waals surface area contributed by atoms with Gasteiger partial charge < -0.3 is 16.2 Å². The topological polar surface area (TPSA) is 122 Å². The number of carbonyl (C=O) groups excluding carboxylic acids is 1. The van der Waals surface area contributed by atoms with Gasteiger partial charge in [-0.3, -0.25) is 0 Å². The predicted octanol–water partition coefficient (Wildman–Crippen LogP) is 0.745. The van der Waals surface area contributed by atoms with E-state index in [2.05, 4.69) is 15.4 Å². The highest BCUT2D eigenvalue weighted by Gasteiger charge is 2.20. The van der Waals surface area contributed by atoms with E-state index in [9.17, 15) is 4.79 Å². The second-order valence-electron chi connectivity index (χ2n) is 3.65. The van der Waals surface area contributed by atoms with E-state index in [1.807, 2.05) is 0 Å². The van der Waals surface area contributed by atoms with Crippen molar-refractivity contribution in [2.75, 3.05) is 5.73 Å². The average Bonchev–Trinajstić information content (AvgIpc) is 2.74. The number of hydrogen-bond acceptors (Lipinski definition) is 6. The Morgan fingerprint density at radius 3 is 2.79 bits per heavy atom. The molecule has 0 saturated carbocycles. The largest absolute Gasteiger partial charge is 0.439 e. The van der Waals surface area contributed by atoms with Gasteiger partial charge in [0.2, 0.25) is 0 Å². The summed E-state index contributed by atoms with van der Waals surface area (Å²) in [5, 5.41) is 11.5. The second kappa shape index (κ2) is 5.53. The van der Waals surface area contributed by atoms with Crippen LogP contribution >= 0.6 is 11.6 Å². The minimum atomic E-state index is -0.919. The summed E-state index contributed by atoms with van der Waals surface area (Å²) in [6.45, 7) is 0.108. The second-order valence-corrected chi connectivity index (χ2v) is 4.06. The van der Waals surface area contributed by atoms with Crippen LogP contribution in [0.5, 0.6) is 0 Å². The van der Waals surface area contributed by atoms with Crippen molar-refractivity contribution in [3.63, 3.8) is 0 Å². The van der Waals surface area contributed by atoms with Gasteiger partial charge in [-0.15, -0.1) is 5.10 Å². The van der Waals surface area contributed by atoms with E-state index in [0.717, 1.165) is 0 Å². The fraction of sp³-hybridized carbons (Fsp3) is 0.200. The lowest BCUT2D eigenvalue weighted by molar-refractivity contribution is 0.0901. The summed E-state index contributed by atoms with van der Waals surface area (Å²) in [5.41, 5.74) is 11.0. The molecule has 0 bridgehead atoms. The molecule has 1 heterocycles. The zero-order valence-corrected chi connectivity index (χ0v) is 10.5. The normalized spacial score (nSPS) is 12.1. The fourth-order valence-corrected chi connectivity index (χ4v) is 1.81. The van der Waals surface area contributed by atoms with Crippen molar-refractivity contribution >= 4 is 23.6 Å². The van der Waals surface area contributed by atoms with Crippen LogP contribution in [-0.4, -0.2) is 26.3 Å². The number of aromatic nitrogens is 4. The van der Waals surface area contributed by atoms with E-state index in [4.69, 9.17) is 27.8 Å². The van der Waals surface area contributed by atoms with E-state index in [1.54, 1.807) is 24.3 Å². The maximum absolute atomic E-state index is 11.0. The third-order valence-corrected chi connectivity index (χ3v) is 2.65. The summed E-state index contributed by atoms with van der Waals surface area (Å²) in [7, 11) is 0. The minimum Gasteiger partial charge on any atom is -0.439 e. The molecular formula is C10H11ClN6O2. The lowest BCUT2D eigenvalue weighted by Crippen LogP contribution is -2.22. The zero-order chi connectivity index (χ0) is 13.8. The maximum Gasteiger partial charge on any atom is 0.405 e. The van der Waals surface area contributed by atoms with Crippen LogP contribution in [0, 0.1) is 0 Å². The molecule has 4 N–H and O–H groups in total. The molecular weight excluding hydrogens is 272 g/mol. The first-order valence-electron chi connectivity index (χ1n) is 5.30. The number of amides is 1. The standard InChI is InChI=1S/C10H11ClN6O2/c11-7-4-2-1-3-6(7)8(19-10(13)18)5-17-15-9(12)14-16-17/h1-4,8H,5H2,(H2,12,15)(H2,13,18). The van der Waals surface area contributed by atoms with Crippen molar-refractivity contribution in [1.82, 2.24) is 20.2 Å². The van der Waals surface area contributed by atoms with Gasteiger partial charge in [-0.2, -0.15) is 4.80 Å². The third-order valence-electron chi connectivity index (χ3n) is 2.31. The maximum atomic E-state index is 11.0. The Morgan fingerprint density at radius 1 is 1.47 bits per heavy atom. The summed E-state index contributed by atoms with van der Waals surface area (Å²) in [6, 6.07) is 6.92. The SMILES string of the molecule is NC(=O)OC(Cn1nnc(N)n1)c1ccccc1Cl. The van der Waals surface area contributed by atoms with Crippen LogP contribution in [0.3, 0.4) is 0 Å².